The van der Waals surface area contributed by atoms with Gasteiger partial charge in [0.25, 0.3) is 0 Å². The zero-order valence-corrected chi connectivity index (χ0v) is 11.2. The first-order valence-electron chi connectivity index (χ1n) is 5.50. The number of nitrogens with one attached hydrogen (secondary N) is 1. The maximum Gasteiger partial charge on any atom is 0.222 e. The summed E-state index contributed by atoms with van der Waals surface area (Å²) in [6, 6.07) is 0.309. The van der Waals surface area contributed by atoms with Crippen LogP contribution in [0.25, 0.3) is 0 Å². The number of aliphatic hydroxyl groups is 1. The van der Waals surface area contributed by atoms with Crippen LogP contribution in [0.15, 0.2) is 16.9 Å². The van der Waals surface area contributed by atoms with Gasteiger partial charge in [0.2, 0.25) is 5.95 Å². The van der Waals surface area contributed by atoms with E-state index in [2.05, 4.69) is 38.1 Å². The van der Waals surface area contributed by atoms with Gasteiger partial charge in [0.15, 0.2) is 0 Å². The summed E-state index contributed by atoms with van der Waals surface area (Å²) in [4.78, 5) is 8.34. The largest absolute Gasteiger partial charge is 0.396 e. The summed E-state index contributed by atoms with van der Waals surface area (Å²) in [6.45, 7) is 4.37. The molecular formula is C11H18BrN3O. The van der Waals surface area contributed by atoms with Crippen molar-refractivity contribution < 1.29 is 5.11 Å². The smallest absolute Gasteiger partial charge is 0.222 e. The van der Waals surface area contributed by atoms with Crippen LogP contribution in [0.3, 0.4) is 0 Å². The van der Waals surface area contributed by atoms with Crippen LogP contribution in [-0.4, -0.2) is 27.7 Å². The van der Waals surface area contributed by atoms with Gasteiger partial charge >= 0.3 is 0 Å². The SMILES string of the molecule is CC[C@@H](C[C@H](C)CO)Nc1ncc(Br)cn1. The van der Waals surface area contributed by atoms with Gasteiger partial charge < -0.3 is 10.4 Å². The molecule has 1 heterocycles. The van der Waals surface area contributed by atoms with Gasteiger partial charge in [-0.15, -0.1) is 0 Å². The number of hydrogen-bond donors (Lipinski definition) is 2. The second-order valence-electron chi connectivity index (χ2n) is 4.00. The summed E-state index contributed by atoms with van der Waals surface area (Å²) in [7, 11) is 0. The summed E-state index contributed by atoms with van der Waals surface area (Å²) >= 11 is 3.29. The molecule has 0 aliphatic carbocycles. The molecular weight excluding hydrogens is 270 g/mol. The van der Waals surface area contributed by atoms with Gasteiger partial charge in [-0.3, -0.25) is 0 Å². The van der Waals surface area contributed by atoms with Crippen LogP contribution in [0.2, 0.25) is 0 Å². The fraction of sp³-hybridized carbons (Fsp3) is 0.636. The summed E-state index contributed by atoms with van der Waals surface area (Å²) in [6.07, 6.45) is 5.35. The Bertz CT molecular complexity index is 305. The average Bonchev–Trinajstić information content (AvgIpc) is 2.30. The van der Waals surface area contributed by atoms with Crippen LogP contribution in [0.5, 0.6) is 0 Å². The van der Waals surface area contributed by atoms with Crippen molar-refractivity contribution in [2.75, 3.05) is 11.9 Å². The lowest BCUT2D eigenvalue weighted by Gasteiger charge is -2.19. The van der Waals surface area contributed by atoms with Crippen molar-refractivity contribution in [3.63, 3.8) is 0 Å². The average molecular weight is 288 g/mol. The van der Waals surface area contributed by atoms with E-state index in [-0.39, 0.29) is 6.61 Å². The number of aliphatic hydroxyl groups excluding tert-OH is 1. The molecule has 90 valence electrons. The summed E-state index contributed by atoms with van der Waals surface area (Å²) in [5.74, 6) is 0.938. The number of halogens is 1. The van der Waals surface area contributed by atoms with E-state index in [9.17, 15) is 0 Å². The highest BCUT2D eigenvalue weighted by molar-refractivity contribution is 9.10. The van der Waals surface area contributed by atoms with Crippen molar-refractivity contribution in [2.45, 2.75) is 32.7 Å². The number of hydrogen-bond acceptors (Lipinski definition) is 4. The molecule has 0 unspecified atom stereocenters. The first kappa shape index (κ1) is 13.4. The summed E-state index contributed by atoms with van der Waals surface area (Å²) in [5.41, 5.74) is 0. The molecule has 16 heavy (non-hydrogen) atoms. The Morgan fingerprint density at radius 2 is 2.06 bits per heavy atom. The second-order valence-corrected chi connectivity index (χ2v) is 4.91. The van der Waals surface area contributed by atoms with E-state index in [1.54, 1.807) is 12.4 Å². The Morgan fingerprint density at radius 1 is 1.44 bits per heavy atom. The molecule has 0 aromatic carbocycles. The van der Waals surface area contributed by atoms with Gasteiger partial charge in [-0.25, -0.2) is 9.97 Å². The van der Waals surface area contributed by atoms with Crippen molar-refractivity contribution in [3.8, 4) is 0 Å². The van der Waals surface area contributed by atoms with Crippen molar-refractivity contribution in [3.05, 3.63) is 16.9 Å². The lowest BCUT2D eigenvalue weighted by molar-refractivity contribution is 0.224. The molecule has 0 spiro atoms. The van der Waals surface area contributed by atoms with E-state index in [4.69, 9.17) is 5.11 Å². The van der Waals surface area contributed by atoms with E-state index >= 15 is 0 Å². The van der Waals surface area contributed by atoms with Gasteiger partial charge in [-0.05, 0) is 34.7 Å². The van der Waals surface area contributed by atoms with E-state index in [1.807, 2.05) is 6.92 Å². The lowest BCUT2D eigenvalue weighted by Crippen LogP contribution is -2.23. The Kier molecular flexibility index (Phi) is 5.69. The maximum atomic E-state index is 9.02. The van der Waals surface area contributed by atoms with Gasteiger partial charge in [-0.1, -0.05) is 13.8 Å². The summed E-state index contributed by atoms with van der Waals surface area (Å²) in [5, 5.41) is 12.3. The lowest BCUT2D eigenvalue weighted by atomic mass is 10.0. The van der Waals surface area contributed by atoms with E-state index < -0.39 is 0 Å². The van der Waals surface area contributed by atoms with Gasteiger partial charge in [-0.2, -0.15) is 0 Å². The predicted molar refractivity (Wildman–Crippen MR) is 68.3 cm³/mol. The van der Waals surface area contributed by atoms with E-state index in [0.717, 1.165) is 17.3 Å². The molecule has 0 saturated carbocycles. The minimum Gasteiger partial charge on any atom is -0.396 e. The van der Waals surface area contributed by atoms with Crippen molar-refractivity contribution in [2.24, 2.45) is 5.92 Å². The second kappa shape index (κ2) is 6.81. The molecule has 1 rings (SSSR count). The van der Waals surface area contributed by atoms with Crippen LogP contribution in [0.4, 0.5) is 5.95 Å². The topological polar surface area (TPSA) is 58.0 Å². The first-order valence-corrected chi connectivity index (χ1v) is 6.30. The fourth-order valence-electron chi connectivity index (χ4n) is 1.46. The highest BCUT2D eigenvalue weighted by Crippen LogP contribution is 2.13. The quantitative estimate of drug-likeness (QED) is 0.844. The van der Waals surface area contributed by atoms with Crippen molar-refractivity contribution in [1.82, 2.24) is 9.97 Å². The maximum absolute atomic E-state index is 9.02. The fourth-order valence-corrected chi connectivity index (χ4v) is 1.66. The van der Waals surface area contributed by atoms with Crippen LogP contribution < -0.4 is 5.32 Å². The first-order chi connectivity index (χ1) is 7.65. The molecule has 0 amide bonds. The minimum atomic E-state index is 0.222. The molecule has 0 bridgehead atoms. The molecule has 1 aromatic heterocycles. The molecule has 2 atom stereocenters. The number of nitrogens with zero attached hydrogens (tertiary/aromatic N) is 2. The normalized spacial score (nSPS) is 14.5. The molecule has 0 aliphatic heterocycles. The molecule has 4 nitrogen and oxygen atoms in total. The zero-order chi connectivity index (χ0) is 12.0. The Hall–Kier alpha value is -0.680. The molecule has 1 aromatic rings. The van der Waals surface area contributed by atoms with Crippen LogP contribution in [0.1, 0.15) is 26.7 Å². The highest BCUT2D eigenvalue weighted by atomic mass is 79.9. The van der Waals surface area contributed by atoms with Crippen LogP contribution in [0, 0.1) is 5.92 Å². The molecule has 2 N–H and O–H groups in total. The number of aromatic nitrogens is 2. The van der Waals surface area contributed by atoms with E-state index in [0.29, 0.717) is 17.9 Å². The number of anilines is 1. The molecule has 0 aliphatic rings. The monoisotopic (exact) mass is 287 g/mol. The van der Waals surface area contributed by atoms with Crippen molar-refractivity contribution in [1.29, 1.82) is 0 Å². The predicted octanol–water partition coefficient (Wildman–Crippen LogP) is 2.45. The third-order valence-corrected chi connectivity index (χ3v) is 2.85. The third kappa shape index (κ3) is 4.45. The highest BCUT2D eigenvalue weighted by Gasteiger charge is 2.11. The molecule has 0 radical (unpaired) electrons. The molecule has 0 saturated heterocycles. The van der Waals surface area contributed by atoms with Crippen LogP contribution >= 0.6 is 15.9 Å². The van der Waals surface area contributed by atoms with Crippen molar-refractivity contribution >= 4 is 21.9 Å². The molecule has 5 heteroatoms. The zero-order valence-electron chi connectivity index (χ0n) is 9.65. The van der Waals surface area contributed by atoms with Gasteiger partial charge in [0, 0.05) is 25.0 Å². The Labute approximate surface area is 105 Å². The van der Waals surface area contributed by atoms with Gasteiger partial charge in [0.1, 0.15) is 0 Å². The minimum absolute atomic E-state index is 0.222. The van der Waals surface area contributed by atoms with Crippen LogP contribution in [-0.2, 0) is 0 Å². The summed E-state index contributed by atoms with van der Waals surface area (Å²) < 4.78 is 0.870. The third-order valence-electron chi connectivity index (χ3n) is 2.44. The number of rotatable bonds is 6. The Morgan fingerprint density at radius 3 is 2.56 bits per heavy atom. The van der Waals surface area contributed by atoms with E-state index in [1.165, 1.54) is 0 Å². The standard InChI is InChI=1S/C11H18BrN3O/c1-3-10(4-8(2)7-16)15-11-13-5-9(12)6-14-11/h5-6,8,10,16H,3-4,7H2,1-2H3,(H,13,14,15)/t8-,10-/m0/s1. The Balaban J connectivity index is 2.52. The van der Waals surface area contributed by atoms with Gasteiger partial charge in [0.05, 0.1) is 4.47 Å². The molecule has 0 fully saturated rings.